The minimum Gasteiger partial charge on any atom is -0.434 e. The minimum atomic E-state index is -4.56. The Labute approximate surface area is 120 Å². The van der Waals surface area contributed by atoms with E-state index in [1.807, 2.05) is 0 Å². The van der Waals surface area contributed by atoms with E-state index in [1.165, 1.54) is 6.07 Å². The second-order valence-corrected chi connectivity index (χ2v) is 4.05. The molecule has 110 valence electrons. The zero-order valence-electron chi connectivity index (χ0n) is 9.96. The first-order valence-electron chi connectivity index (χ1n) is 5.29. The number of hydrogen-bond acceptors (Lipinski definition) is 5. The molecule has 0 atom stereocenters. The van der Waals surface area contributed by atoms with Crippen molar-refractivity contribution in [2.24, 2.45) is 0 Å². The SMILES string of the molecule is O=[N+]([O-])c1cnc(Cl)nc1Oc1cccc(C(F)(F)F)c1. The van der Waals surface area contributed by atoms with Gasteiger partial charge in [-0.2, -0.15) is 18.2 Å². The molecule has 10 heteroatoms. The standard InChI is InChI=1S/C11H5ClF3N3O3/c12-10-16-5-8(18(19)20)9(17-10)21-7-3-1-2-6(4-7)11(13,14)15/h1-5H. The van der Waals surface area contributed by atoms with Crippen LogP contribution in [-0.2, 0) is 6.18 Å². The molecule has 0 bridgehead atoms. The van der Waals surface area contributed by atoms with E-state index in [0.29, 0.717) is 6.07 Å². The molecule has 0 aliphatic heterocycles. The fourth-order valence-corrected chi connectivity index (χ4v) is 1.51. The maximum absolute atomic E-state index is 12.6. The lowest BCUT2D eigenvalue weighted by molar-refractivity contribution is -0.386. The van der Waals surface area contributed by atoms with E-state index in [4.69, 9.17) is 16.3 Å². The van der Waals surface area contributed by atoms with E-state index < -0.39 is 28.2 Å². The van der Waals surface area contributed by atoms with Crippen molar-refractivity contribution in [3.05, 3.63) is 51.4 Å². The van der Waals surface area contributed by atoms with Gasteiger partial charge < -0.3 is 4.74 Å². The predicted molar refractivity (Wildman–Crippen MR) is 65.2 cm³/mol. The molecule has 0 saturated heterocycles. The van der Waals surface area contributed by atoms with Crippen molar-refractivity contribution in [3.8, 4) is 11.6 Å². The van der Waals surface area contributed by atoms with Gasteiger partial charge in [-0.15, -0.1) is 0 Å². The highest BCUT2D eigenvalue weighted by Crippen LogP contribution is 2.34. The van der Waals surface area contributed by atoms with Gasteiger partial charge in [0.2, 0.25) is 5.28 Å². The fourth-order valence-electron chi connectivity index (χ4n) is 1.39. The van der Waals surface area contributed by atoms with Gasteiger partial charge in [-0.3, -0.25) is 10.1 Å². The number of alkyl halides is 3. The Hall–Kier alpha value is -2.42. The van der Waals surface area contributed by atoms with E-state index in [1.54, 1.807) is 0 Å². The first-order valence-corrected chi connectivity index (χ1v) is 5.67. The zero-order valence-corrected chi connectivity index (χ0v) is 10.7. The van der Waals surface area contributed by atoms with Crippen molar-refractivity contribution < 1.29 is 22.8 Å². The van der Waals surface area contributed by atoms with Crippen LogP contribution in [-0.4, -0.2) is 14.9 Å². The Morgan fingerprint density at radius 1 is 1.33 bits per heavy atom. The Morgan fingerprint density at radius 3 is 2.67 bits per heavy atom. The molecule has 0 radical (unpaired) electrons. The van der Waals surface area contributed by atoms with Crippen LogP contribution in [0.4, 0.5) is 18.9 Å². The average Bonchev–Trinajstić information content (AvgIpc) is 2.37. The van der Waals surface area contributed by atoms with Crippen molar-refractivity contribution in [1.82, 2.24) is 9.97 Å². The van der Waals surface area contributed by atoms with Crippen molar-refractivity contribution in [1.29, 1.82) is 0 Å². The van der Waals surface area contributed by atoms with Gasteiger partial charge in [0.15, 0.2) is 0 Å². The van der Waals surface area contributed by atoms with Crippen LogP contribution >= 0.6 is 11.6 Å². The molecule has 0 N–H and O–H groups in total. The van der Waals surface area contributed by atoms with E-state index in [9.17, 15) is 23.3 Å². The second kappa shape index (κ2) is 5.52. The molecule has 1 aromatic carbocycles. The molecule has 2 aromatic rings. The number of aromatic nitrogens is 2. The summed E-state index contributed by atoms with van der Waals surface area (Å²) in [4.78, 5) is 16.8. The lowest BCUT2D eigenvalue weighted by atomic mass is 10.2. The molecule has 0 saturated carbocycles. The molecular formula is C11H5ClF3N3O3. The van der Waals surface area contributed by atoms with Crippen LogP contribution in [0.2, 0.25) is 5.28 Å². The molecular weight excluding hydrogens is 315 g/mol. The molecule has 0 aliphatic rings. The average molecular weight is 320 g/mol. The summed E-state index contributed by atoms with van der Waals surface area (Å²) in [7, 11) is 0. The number of benzene rings is 1. The molecule has 0 aliphatic carbocycles. The third-order valence-electron chi connectivity index (χ3n) is 2.28. The van der Waals surface area contributed by atoms with Gasteiger partial charge in [0, 0.05) is 0 Å². The largest absolute Gasteiger partial charge is 0.434 e. The molecule has 1 aromatic heterocycles. The lowest BCUT2D eigenvalue weighted by Crippen LogP contribution is -2.05. The fraction of sp³-hybridized carbons (Fsp3) is 0.0909. The topological polar surface area (TPSA) is 78.2 Å². The van der Waals surface area contributed by atoms with Gasteiger partial charge in [-0.05, 0) is 29.8 Å². The molecule has 0 amide bonds. The van der Waals surface area contributed by atoms with E-state index in [0.717, 1.165) is 18.3 Å². The third kappa shape index (κ3) is 3.57. The van der Waals surface area contributed by atoms with Gasteiger partial charge in [-0.1, -0.05) is 6.07 Å². The summed E-state index contributed by atoms with van der Waals surface area (Å²) in [5.41, 5.74) is -1.57. The second-order valence-electron chi connectivity index (χ2n) is 3.71. The number of nitro groups is 1. The highest BCUT2D eigenvalue weighted by atomic mass is 35.5. The highest BCUT2D eigenvalue weighted by Gasteiger charge is 2.31. The van der Waals surface area contributed by atoms with Crippen LogP contribution in [0.15, 0.2) is 30.5 Å². The maximum atomic E-state index is 12.6. The number of hydrogen-bond donors (Lipinski definition) is 0. The first kappa shape index (κ1) is 15.0. The van der Waals surface area contributed by atoms with E-state index in [2.05, 4.69) is 9.97 Å². The Bertz CT molecular complexity index is 694. The van der Waals surface area contributed by atoms with Crippen molar-refractivity contribution >= 4 is 17.3 Å². The summed E-state index contributed by atoms with van der Waals surface area (Å²) in [5.74, 6) is -0.804. The van der Waals surface area contributed by atoms with Crippen LogP contribution < -0.4 is 4.74 Å². The highest BCUT2D eigenvalue weighted by molar-refractivity contribution is 6.28. The molecule has 6 nitrogen and oxygen atoms in total. The summed E-state index contributed by atoms with van der Waals surface area (Å²) in [6.07, 6.45) is -3.76. The lowest BCUT2D eigenvalue weighted by Gasteiger charge is -2.09. The molecule has 0 spiro atoms. The molecule has 0 fully saturated rings. The van der Waals surface area contributed by atoms with Crippen LogP contribution in [0.1, 0.15) is 5.56 Å². The quantitative estimate of drug-likeness (QED) is 0.488. The number of rotatable bonds is 3. The monoisotopic (exact) mass is 319 g/mol. The van der Waals surface area contributed by atoms with Gasteiger partial charge in [-0.25, -0.2) is 4.98 Å². The summed E-state index contributed by atoms with van der Waals surface area (Å²) >= 11 is 5.49. The van der Waals surface area contributed by atoms with E-state index in [-0.39, 0.29) is 11.0 Å². The van der Waals surface area contributed by atoms with Crippen LogP contribution in [0.25, 0.3) is 0 Å². The normalized spacial score (nSPS) is 11.2. The summed E-state index contributed by atoms with van der Waals surface area (Å²) in [5, 5.41) is 10.4. The first-order chi connectivity index (χ1) is 9.77. The minimum absolute atomic E-state index is 0.261. The van der Waals surface area contributed by atoms with Gasteiger partial charge in [0.05, 0.1) is 10.5 Å². The molecule has 2 rings (SSSR count). The number of ether oxygens (including phenoxy) is 1. The number of nitrogens with zero attached hydrogens (tertiary/aromatic N) is 3. The molecule has 0 unspecified atom stereocenters. The number of halogens is 4. The third-order valence-corrected chi connectivity index (χ3v) is 2.46. The van der Waals surface area contributed by atoms with Crippen molar-refractivity contribution in [3.63, 3.8) is 0 Å². The summed E-state index contributed by atoms with van der Waals surface area (Å²) < 4.78 is 42.7. The van der Waals surface area contributed by atoms with Crippen molar-refractivity contribution in [2.45, 2.75) is 6.18 Å². The van der Waals surface area contributed by atoms with Crippen LogP contribution in [0.3, 0.4) is 0 Å². The maximum Gasteiger partial charge on any atom is 0.416 e. The Balaban J connectivity index is 2.39. The van der Waals surface area contributed by atoms with E-state index >= 15 is 0 Å². The van der Waals surface area contributed by atoms with Crippen LogP contribution in [0, 0.1) is 10.1 Å². The predicted octanol–water partition coefficient (Wildman–Crippen LogP) is 3.85. The molecule has 1 heterocycles. The summed E-state index contributed by atoms with van der Waals surface area (Å²) in [6, 6.07) is 3.84. The van der Waals surface area contributed by atoms with Crippen molar-refractivity contribution in [2.75, 3.05) is 0 Å². The zero-order chi connectivity index (χ0) is 15.6. The van der Waals surface area contributed by atoms with Gasteiger partial charge in [0.1, 0.15) is 11.9 Å². The Kier molecular flexibility index (Phi) is 3.94. The molecule has 21 heavy (non-hydrogen) atoms. The Morgan fingerprint density at radius 2 is 2.05 bits per heavy atom. The van der Waals surface area contributed by atoms with Crippen LogP contribution in [0.5, 0.6) is 11.6 Å². The van der Waals surface area contributed by atoms with Gasteiger partial charge >= 0.3 is 17.7 Å². The van der Waals surface area contributed by atoms with Gasteiger partial charge in [0.25, 0.3) is 0 Å². The summed E-state index contributed by atoms with van der Waals surface area (Å²) in [6.45, 7) is 0. The smallest absolute Gasteiger partial charge is 0.416 e.